The fourth-order valence-corrected chi connectivity index (χ4v) is 3.10. The minimum Gasteiger partial charge on any atom is -0.437 e. The van der Waals surface area contributed by atoms with Crippen LogP contribution in [0.4, 0.5) is 27.8 Å². The molecule has 0 radical (unpaired) electrons. The SMILES string of the molecule is CC1(C(F)(F)F)C=C(F)C(Oc2ccc(CCNc3ncnc4nccnc34)c(F)c2)=NC1. The van der Waals surface area contributed by atoms with Gasteiger partial charge in [-0.2, -0.15) is 13.2 Å². The lowest BCUT2D eigenvalue weighted by molar-refractivity contribution is -0.197. The Morgan fingerprint density at radius 3 is 2.61 bits per heavy atom. The number of ether oxygens (including phenoxy) is 1. The average Bonchev–Trinajstić information content (AvgIpc) is 2.76. The van der Waals surface area contributed by atoms with Crippen LogP contribution in [0, 0.1) is 11.2 Å². The Hall–Kier alpha value is -3.70. The first kappa shape index (κ1) is 22.5. The van der Waals surface area contributed by atoms with E-state index in [1.165, 1.54) is 30.9 Å². The monoisotopic (exact) mass is 464 g/mol. The molecule has 3 aromatic rings. The highest BCUT2D eigenvalue weighted by molar-refractivity contribution is 5.94. The number of halogens is 5. The lowest BCUT2D eigenvalue weighted by atomic mass is 9.88. The summed E-state index contributed by atoms with van der Waals surface area (Å²) in [4.78, 5) is 19.9. The molecule has 0 saturated heterocycles. The first-order valence-electron chi connectivity index (χ1n) is 9.78. The fourth-order valence-electron chi connectivity index (χ4n) is 3.10. The van der Waals surface area contributed by atoms with Crippen LogP contribution in [0.3, 0.4) is 0 Å². The molecule has 1 aromatic carbocycles. The molecule has 0 aliphatic carbocycles. The van der Waals surface area contributed by atoms with Crippen molar-refractivity contribution in [2.75, 3.05) is 18.4 Å². The van der Waals surface area contributed by atoms with E-state index in [2.05, 4.69) is 30.2 Å². The van der Waals surface area contributed by atoms with Gasteiger partial charge in [0.15, 0.2) is 17.3 Å². The van der Waals surface area contributed by atoms with Gasteiger partial charge in [-0.1, -0.05) is 6.07 Å². The van der Waals surface area contributed by atoms with Crippen molar-refractivity contribution in [2.24, 2.45) is 10.4 Å². The molecule has 1 aliphatic rings. The summed E-state index contributed by atoms with van der Waals surface area (Å²) in [6.07, 6.45) is 0.391. The zero-order chi connectivity index (χ0) is 23.6. The average molecular weight is 464 g/mol. The number of hydrogen-bond acceptors (Lipinski definition) is 7. The van der Waals surface area contributed by atoms with Gasteiger partial charge in [-0.15, -0.1) is 0 Å². The maximum absolute atomic E-state index is 14.5. The molecule has 3 heterocycles. The highest BCUT2D eigenvalue weighted by Crippen LogP contribution is 2.42. The third-order valence-electron chi connectivity index (χ3n) is 5.04. The molecule has 0 spiro atoms. The van der Waals surface area contributed by atoms with Gasteiger partial charge in [0, 0.05) is 25.0 Å². The molecule has 7 nitrogen and oxygen atoms in total. The molecule has 0 saturated carbocycles. The predicted molar refractivity (Wildman–Crippen MR) is 110 cm³/mol. The second kappa shape index (κ2) is 8.68. The lowest BCUT2D eigenvalue weighted by Crippen LogP contribution is -2.39. The van der Waals surface area contributed by atoms with E-state index in [9.17, 15) is 22.0 Å². The molecule has 0 amide bonds. The number of fused-ring (bicyclic) bond motifs is 1. The first-order chi connectivity index (χ1) is 15.7. The van der Waals surface area contributed by atoms with Crippen LogP contribution >= 0.6 is 0 Å². The van der Waals surface area contributed by atoms with E-state index < -0.39 is 35.7 Å². The van der Waals surface area contributed by atoms with Gasteiger partial charge in [0.2, 0.25) is 0 Å². The number of dihydropyridines is 1. The predicted octanol–water partition coefficient (Wildman–Crippen LogP) is 4.43. The highest BCUT2D eigenvalue weighted by Gasteiger charge is 2.51. The Morgan fingerprint density at radius 2 is 1.88 bits per heavy atom. The molecular weight excluding hydrogens is 447 g/mol. The second-order valence-corrected chi connectivity index (χ2v) is 7.51. The number of anilines is 1. The smallest absolute Gasteiger partial charge is 0.399 e. The van der Waals surface area contributed by atoms with Crippen LogP contribution in [0.1, 0.15) is 12.5 Å². The Bertz CT molecular complexity index is 1240. The zero-order valence-electron chi connectivity index (χ0n) is 17.2. The molecule has 4 rings (SSSR count). The first-order valence-corrected chi connectivity index (χ1v) is 9.78. The number of aliphatic imine (C=N–C) groups is 1. The van der Waals surface area contributed by atoms with Crippen molar-refractivity contribution in [2.45, 2.75) is 19.5 Å². The van der Waals surface area contributed by atoms with Gasteiger partial charge in [0.25, 0.3) is 5.90 Å². The Kier molecular flexibility index (Phi) is 5.91. The fraction of sp³-hybridized carbons (Fsp3) is 0.286. The van der Waals surface area contributed by atoms with Crippen LogP contribution in [-0.4, -0.2) is 45.1 Å². The third-order valence-corrected chi connectivity index (χ3v) is 5.04. The lowest BCUT2D eigenvalue weighted by Gasteiger charge is -2.29. The van der Waals surface area contributed by atoms with Crippen LogP contribution in [0.25, 0.3) is 11.2 Å². The van der Waals surface area contributed by atoms with E-state index >= 15 is 0 Å². The van der Waals surface area contributed by atoms with E-state index in [0.717, 1.165) is 13.0 Å². The normalized spacial score (nSPS) is 18.6. The summed E-state index contributed by atoms with van der Waals surface area (Å²) < 4.78 is 73.0. The van der Waals surface area contributed by atoms with Crippen molar-refractivity contribution >= 4 is 22.9 Å². The maximum Gasteiger partial charge on any atom is 0.399 e. The van der Waals surface area contributed by atoms with Crippen LogP contribution in [-0.2, 0) is 6.42 Å². The number of alkyl halides is 3. The third kappa shape index (κ3) is 4.73. The van der Waals surface area contributed by atoms with E-state index in [1.54, 1.807) is 0 Å². The van der Waals surface area contributed by atoms with Gasteiger partial charge < -0.3 is 10.1 Å². The number of nitrogens with one attached hydrogen (secondary N) is 1. The summed E-state index contributed by atoms with van der Waals surface area (Å²) in [5, 5.41) is 3.05. The number of rotatable bonds is 5. The Morgan fingerprint density at radius 1 is 1.09 bits per heavy atom. The van der Waals surface area contributed by atoms with Crippen LogP contribution in [0.15, 0.2) is 53.8 Å². The van der Waals surface area contributed by atoms with Crippen molar-refractivity contribution in [3.05, 3.63) is 60.2 Å². The Balaban J connectivity index is 1.39. The van der Waals surface area contributed by atoms with Gasteiger partial charge in [0.1, 0.15) is 28.8 Å². The molecule has 1 aliphatic heterocycles. The van der Waals surface area contributed by atoms with Gasteiger partial charge in [-0.3, -0.25) is 0 Å². The van der Waals surface area contributed by atoms with Crippen LogP contribution < -0.4 is 10.1 Å². The number of nitrogens with zero attached hydrogens (tertiary/aromatic N) is 5. The van der Waals surface area contributed by atoms with Crippen molar-refractivity contribution in [3.8, 4) is 5.75 Å². The summed E-state index contributed by atoms with van der Waals surface area (Å²) >= 11 is 0. The van der Waals surface area contributed by atoms with Gasteiger partial charge in [0.05, 0.1) is 6.54 Å². The molecule has 33 heavy (non-hydrogen) atoms. The van der Waals surface area contributed by atoms with Crippen molar-refractivity contribution in [3.63, 3.8) is 0 Å². The Labute approximate surface area is 184 Å². The molecule has 0 fully saturated rings. The molecule has 2 aromatic heterocycles. The summed E-state index contributed by atoms with van der Waals surface area (Å²) in [5.74, 6) is -2.13. The zero-order valence-corrected chi connectivity index (χ0v) is 17.2. The molecule has 0 bridgehead atoms. The standard InChI is InChI=1S/C21H17F5N6O/c1-20(21(24,25)26)9-15(23)19(30-10-20)33-13-3-2-12(14(22)8-13)4-5-28-17-16-18(32-11-31-17)29-7-6-27-16/h2-3,6-9,11H,4-5,10H2,1H3,(H,28,29,31,32). The minimum atomic E-state index is -4.66. The van der Waals surface area contributed by atoms with Gasteiger partial charge >= 0.3 is 6.18 Å². The number of hydrogen-bond donors (Lipinski definition) is 1. The summed E-state index contributed by atoms with van der Waals surface area (Å²) in [6.45, 7) is 0.430. The van der Waals surface area contributed by atoms with Crippen molar-refractivity contribution < 1.29 is 26.7 Å². The number of aromatic nitrogens is 4. The minimum absolute atomic E-state index is 0.0841. The van der Waals surface area contributed by atoms with Gasteiger partial charge in [-0.05, 0) is 31.1 Å². The van der Waals surface area contributed by atoms with Crippen molar-refractivity contribution in [1.29, 1.82) is 0 Å². The molecule has 1 N–H and O–H groups in total. The highest BCUT2D eigenvalue weighted by atomic mass is 19.4. The van der Waals surface area contributed by atoms with E-state index in [1.807, 2.05) is 0 Å². The molecule has 1 atom stereocenters. The van der Waals surface area contributed by atoms with E-state index in [0.29, 0.717) is 35.2 Å². The largest absolute Gasteiger partial charge is 0.437 e. The van der Waals surface area contributed by atoms with Crippen molar-refractivity contribution in [1.82, 2.24) is 19.9 Å². The maximum atomic E-state index is 14.5. The van der Waals surface area contributed by atoms with Gasteiger partial charge in [-0.25, -0.2) is 33.7 Å². The summed E-state index contributed by atoms with van der Waals surface area (Å²) in [5.41, 5.74) is -1.18. The van der Waals surface area contributed by atoms with Crippen LogP contribution in [0.5, 0.6) is 5.75 Å². The van der Waals surface area contributed by atoms with E-state index in [4.69, 9.17) is 4.74 Å². The topological polar surface area (TPSA) is 85.2 Å². The molecule has 1 unspecified atom stereocenters. The quantitative estimate of drug-likeness (QED) is 0.563. The number of benzene rings is 1. The molecule has 172 valence electrons. The second-order valence-electron chi connectivity index (χ2n) is 7.51. The van der Waals surface area contributed by atoms with Crippen LogP contribution in [0.2, 0.25) is 0 Å². The summed E-state index contributed by atoms with van der Waals surface area (Å²) in [7, 11) is 0. The molecular formula is C21H17F5N6O. The summed E-state index contributed by atoms with van der Waals surface area (Å²) in [6, 6.07) is 3.85. The van der Waals surface area contributed by atoms with E-state index in [-0.39, 0.29) is 12.2 Å². The molecule has 12 heteroatoms.